The normalized spacial score (nSPS) is 10.3. The van der Waals surface area contributed by atoms with Crippen molar-refractivity contribution in [1.29, 1.82) is 0 Å². The van der Waals surface area contributed by atoms with Gasteiger partial charge in [-0.25, -0.2) is 4.98 Å². The molecular formula is C10H15BrClN3. The molecule has 1 aromatic heterocycles. The monoisotopic (exact) mass is 291 g/mol. The SMILES string of the molecule is NCCCCCNc1ncc(Cl)cc1Br. The summed E-state index contributed by atoms with van der Waals surface area (Å²) in [4.78, 5) is 4.18. The lowest BCUT2D eigenvalue weighted by Gasteiger charge is -2.07. The Morgan fingerprint density at radius 1 is 1.40 bits per heavy atom. The summed E-state index contributed by atoms with van der Waals surface area (Å²) in [6.45, 7) is 1.68. The number of pyridine rings is 1. The molecule has 5 heteroatoms. The predicted octanol–water partition coefficient (Wildman–Crippen LogP) is 3.04. The Morgan fingerprint density at radius 2 is 2.20 bits per heavy atom. The van der Waals surface area contributed by atoms with Crippen LogP contribution in [0.1, 0.15) is 19.3 Å². The van der Waals surface area contributed by atoms with E-state index in [1.165, 1.54) is 0 Å². The van der Waals surface area contributed by atoms with E-state index < -0.39 is 0 Å². The zero-order valence-corrected chi connectivity index (χ0v) is 10.8. The number of aromatic nitrogens is 1. The third kappa shape index (κ3) is 4.82. The van der Waals surface area contributed by atoms with E-state index in [9.17, 15) is 0 Å². The fourth-order valence-corrected chi connectivity index (χ4v) is 1.98. The molecule has 3 N–H and O–H groups in total. The summed E-state index contributed by atoms with van der Waals surface area (Å²) in [6, 6.07) is 1.83. The standard InChI is InChI=1S/C10H15BrClN3/c11-9-6-8(12)7-15-10(9)14-5-3-1-2-4-13/h6-7H,1-5,13H2,(H,14,15). The topological polar surface area (TPSA) is 50.9 Å². The number of hydrogen-bond donors (Lipinski definition) is 2. The van der Waals surface area contributed by atoms with Gasteiger partial charge in [-0.2, -0.15) is 0 Å². The molecule has 0 aliphatic carbocycles. The molecule has 1 rings (SSSR count). The third-order valence-electron chi connectivity index (χ3n) is 1.98. The predicted molar refractivity (Wildman–Crippen MR) is 68.3 cm³/mol. The quantitative estimate of drug-likeness (QED) is 0.792. The summed E-state index contributed by atoms with van der Waals surface area (Å²) in [7, 11) is 0. The fourth-order valence-electron chi connectivity index (χ4n) is 1.20. The van der Waals surface area contributed by atoms with E-state index in [1.54, 1.807) is 6.20 Å². The molecule has 0 spiro atoms. The Balaban J connectivity index is 2.31. The number of nitrogens with one attached hydrogen (secondary N) is 1. The summed E-state index contributed by atoms with van der Waals surface area (Å²) in [6.07, 6.45) is 4.97. The molecular weight excluding hydrogens is 277 g/mol. The molecule has 84 valence electrons. The highest BCUT2D eigenvalue weighted by molar-refractivity contribution is 9.10. The van der Waals surface area contributed by atoms with Crippen molar-refractivity contribution in [3.63, 3.8) is 0 Å². The lowest BCUT2D eigenvalue weighted by Crippen LogP contribution is -2.05. The van der Waals surface area contributed by atoms with Gasteiger partial charge in [0.15, 0.2) is 0 Å². The average molecular weight is 293 g/mol. The zero-order chi connectivity index (χ0) is 11.1. The molecule has 0 aromatic carbocycles. The molecule has 0 aliphatic heterocycles. The lowest BCUT2D eigenvalue weighted by molar-refractivity contribution is 0.706. The van der Waals surface area contributed by atoms with Crippen LogP contribution >= 0.6 is 27.5 Å². The van der Waals surface area contributed by atoms with Crippen LogP contribution in [0.5, 0.6) is 0 Å². The average Bonchev–Trinajstić information content (AvgIpc) is 2.20. The molecule has 0 radical (unpaired) electrons. The Labute approximate surface area is 104 Å². The smallest absolute Gasteiger partial charge is 0.140 e. The second kappa shape index (κ2) is 7.04. The molecule has 15 heavy (non-hydrogen) atoms. The van der Waals surface area contributed by atoms with E-state index in [-0.39, 0.29) is 0 Å². The van der Waals surface area contributed by atoms with Crippen molar-refractivity contribution in [3.05, 3.63) is 21.8 Å². The maximum absolute atomic E-state index is 5.79. The largest absolute Gasteiger partial charge is 0.369 e. The lowest BCUT2D eigenvalue weighted by atomic mass is 10.2. The molecule has 0 fully saturated rings. The second-order valence-corrected chi connectivity index (χ2v) is 4.55. The summed E-state index contributed by atoms with van der Waals surface area (Å²) < 4.78 is 0.897. The van der Waals surface area contributed by atoms with E-state index in [0.29, 0.717) is 5.02 Å². The van der Waals surface area contributed by atoms with Crippen molar-refractivity contribution in [2.75, 3.05) is 18.4 Å². The van der Waals surface area contributed by atoms with Crippen LogP contribution < -0.4 is 11.1 Å². The Kier molecular flexibility index (Phi) is 5.98. The van der Waals surface area contributed by atoms with Crippen LogP contribution in [0.4, 0.5) is 5.82 Å². The molecule has 1 aromatic rings. The Bertz CT molecular complexity index is 307. The molecule has 0 amide bonds. The summed E-state index contributed by atoms with van der Waals surface area (Å²) in [5.41, 5.74) is 5.41. The van der Waals surface area contributed by atoms with E-state index in [0.717, 1.165) is 42.6 Å². The number of nitrogens with zero attached hydrogens (tertiary/aromatic N) is 1. The van der Waals surface area contributed by atoms with Gasteiger partial charge < -0.3 is 11.1 Å². The van der Waals surface area contributed by atoms with Crippen molar-refractivity contribution in [2.45, 2.75) is 19.3 Å². The molecule has 0 aliphatic rings. The van der Waals surface area contributed by atoms with Crippen LogP contribution in [0, 0.1) is 0 Å². The van der Waals surface area contributed by atoms with Gasteiger partial charge in [0.2, 0.25) is 0 Å². The first kappa shape index (κ1) is 12.7. The van der Waals surface area contributed by atoms with Crippen molar-refractivity contribution in [2.24, 2.45) is 5.73 Å². The van der Waals surface area contributed by atoms with Gasteiger partial charge in [-0.3, -0.25) is 0 Å². The highest BCUT2D eigenvalue weighted by Gasteiger charge is 2.00. The molecule has 3 nitrogen and oxygen atoms in total. The maximum atomic E-state index is 5.79. The van der Waals surface area contributed by atoms with E-state index in [2.05, 4.69) is 26.2 Å². The number of rotatable bonds is 6. The number of hydrogen-bond acceptors (Lipinski definition) is 3. The first-order valence-corrected chi connectivity index (χ1v) is 6.16. The van der Waals surface area contributed by atoms with Gasteiger partial charge in [-0.15, -0.1) is 0 Å². The van der Waals surface area contributed by atoms with Crippen LogP contribution in [0.2, 0.25) is 5.02 Å². The van der Waals surface area contributed by atoms with E-state index >= 15 is 0 Å². The van der Waals surface area contributed by atoms with Gasteiger partial charge in [0.25, 0.3) is 0 Å². The number of nitrogens with two attached hydrogens (primary N) is 1. The minimum absolute atomic E-state index is 0.635. The van der Waals surface area contributed by atoms with Crippen LogP contribution in [-0.4, -0.2) is 18.1 Å². The Hall–Kier alpha value is -0.320. The second-order valence-electron chi connectivity index (χ2n) is 3.26. The van der Waals surface area contributed by atoms with Gasteiger partial charge in [-0.1, -0.05) is 18.0 Å². The number of halogens is 2. The minimum Gasteiger partial charge on any atom is -0.369 e. The first-order valence-electron chi connectivity index (χ1n) is 4.99. The van der Waals surface area contributed by atoms with Crippen LogP contribution in [0.3, 0.4) is 0 Å². The van der Waals surface area contributed by atoms with Gasteiger partial charge in [-0.05, 0) is 41.4 Å². The number of unbranched alkanes of at least 4 members (excludes halogenated alkanes) is 2. The summed E-state index contributed by atoms with van der Waals surface area (Å²) >= 11 is 9.19. The highest BCUT2D eigenvalue weighted by atomic mass is 79.9. The molecule has 1 heterocycles. The van der Waals surface area contributed by atoms with Gasteiger partial charge in [0.1, 0.15) is 5.82 Å². The van der Waals surface area contributed by atoms with E-state index in [1.807, 2.05) is 6.07 Å². The van der Waals surface area contributed by atoms with Gasteiger partial charge >= 0.3 is 0 Å². The van der Waals surface area contributed by atoms with Crippen molar-refractivity contribution in [1.82, 2.24) is 4.98 Å². The molecule has 0 saturated carbocycles. The highest BCUT2D eigenvalue weighted by Crippen LogP contribution is 2.22. The van der Waals surface area contributed by atoms with Crippen molar-refractivity contribution in [3.8, 4) is 0 Å². The van der Waals surface area contributed by atoms with Gasteiger partial charge in [0.05, 0.1) is 9.50 Å². The third-order valence-corrected chi connectivity index (χ3v) is 2.79. The molecule has 0 bridgehead atoms. The van der Waals surface area contributed by atoms with Crippen LogP contribution in [-0.2, 0) is 0 Å². The minimum atomic E-state index is 0.635. The van der Waals surface area contributed by atoms with Gasteiger partial charge in [0, 0.05) is 12.7 Å². The first-order chi connectivity index (χ1) is 7.24. The van der Waals surface area contributed by atoms with E-state index in [4.69, 9.17) is 17.3 Å². The van der Waals surface area contributed by atoms with Crippen LogP contribution in [0.25, 0.3) is 0 Å². The Morgan fingerprint density at radius 3 is 2.87 bits per heavy atom. The fraction of sp³-hybridized carbons (Fsp3) is 0.500. The summed E-state index contributed by atoms with van der Waals surface area (Å²) in [5, 5.41) is 3.88. The molecule has 0 saturated heterocycles. The van der Waals surface area contributed by atoms with Crippen LogP contribution in [0.15, 0.2) is 16.7 Å². The molecule has 0 atom stereocenters. The summed E-state index contributed by atoms with van der Waals surface area (Å²) in [5.74, 6) is 0.840. The van der Waals surface area contributed by atoms with Crippen molar-refractivity contribution >= 4 is 33.3 Å². The molecule has 0 unspecified atom stereocenters. The zero-order valence-electron chi connectivity index (χ0n) is 8.47. The number of anilines is 1. The maximum Gasteiger partial charge on any atom is 0.140 e. The van der Waals surface area contributed by atoms with Crippen molar-refractivity contribution < 1.29 is 0 Å².